The molecule has 0 unspecified atom stereocenters. The molecule has 0 aliphatic carbocycles. The Morgan fingerprint density at radius 2 is 1.91 bits per heavy atom. The minimum Gasteiger partial charge on any atom is -0.506 e. The minimum atomic E-state index is -4.15. The largest absolute Gasteiger partial charge is 0.506 e. The van der Waals surface area contributed by atoms with Gasteiger partial charge in [-0.3, -0.25) is 4.79 Å². The van der Waals surface area contributed by atoms with Gasteiger partial charge in [0.15, 0.2) is 5.84 Å². The van der Waals surface area contributed by atoms with E-state index in [0.29, 0.717) is 42.3 Å². The van der Waals surface area contributed by atoms with Crippen LogP contribution in [0.2, 0.25) is 0 Å². The summed E-state index contributed by atoms with van der Waals surface area (Å²) in [6.07, 6.45) is 0.742. The number of aromatic nitrogens is 1. The summed E-state index contributed by atoms with van der Waals surface area (Å²) in [5, 5.41) is 14.4. The van der Waals surface area contributed by atoms with E-state index in [0.717, 1.165) is 6.42 Å². The van der Waals surface area contributed by atoms with Gasteiger partial charge in [-0.2, -0.15) is 8.42 Å². The number of aryl methyl sites for hydroxylation is 1. The molecule has 0 saturated carbocycles. The van der Waals surface area contributed by atoms with Gasteiger partial charge < -0.3 is 24.6 Å². The average Bonchev–Trinajstić information content (AvgIpc) is 2.78. The van der Waals surface area contributed by atoms with Crippen molar-refractivity contribution < 1.29 is 18.3 Å². The highest BCUT2D eigenvalue weighted by Crippen LogP contribution is 2.34. The second-order valence-corrected chi connectivity index (χ2v) is 10.8. The first-order valence-electron chi connectivity index (χ1n) is 11.5. The Balaban J connectivity index is 1.79. The smallest absolute Gasteiger partial charge is 0.286 e. The lowest BCUT2D eigenvalue weighted by atomic mass is 10.1. The van der Waals surface area contributed by atoms with E-state index >= 15 is 0 Å². The fourth-order valence-electron chi connectivity index (χ4n) is 3.90. The van der Waals surface area contributed by atoms with Crippen LogP contribution in [0.1, 0.15) is 25.8 Å². The molecule has 1 aromatic heterocycles. The molecule has 0 saturated heterocycles. The molecule has 0 fully saturated rings. The van der Waals surface area contributed by atoms with Gasteiger partial charge in [0, 0.05) is 24.5 Å². The summed E-state index contributed by atoms with van der Waals surface area (Å²) in [6.45, 7) is 5.62. The molecule has 3 aromatic rings. The van der Waals surface area contributed by atoms with Crippen LogP contribution in [0, 0.1) is 5.92 Å². The van der Waals surface area contributed by atoms with Crippen LogP contribution in [-0.4, -0.2) is 56.1 Å². The number of fused-ring (bicyclic) bond motifs is 2. The zero-order valence-corrected chi connectivity index (χ0v) is 21.1. The van der Waals surface area contributed by atoms with E-state index in [1.807, 2.05) is 19.0 Å². The number of sulfonamides is 1. The maximum atomic E-state index is 13.5. The Hall–Kier alpha value is -3.37. The van der Waals surface area contributed by atoms with E-state index in [4.69, 9.17) is 4.74 Å². The standard InChI is InChI=1S/C25H30N4O5S/c1-16(2)11-12-29-20-8-6-5-7-18(20)23(30)22(25(29)31)24-26-19-10-9-17(34-14-13-28(3)4)15-21(19)35(32,33)27-24/h5-10,15-16,30H,11-14H2,1-4H3,(H,26,27). The molecule has 2 heterocycles. The summed E-state index contributed by atoms with van der Waals surface area (Å²) < 4.78 is 37.3. The quantitative estimate of drug-likeness (QED) is 0.490. The molecule has 10 heteroatoms. The lowest BCUT2D eigenvalue weighted by Crippen LogP contribution is -2.33. The van der Waals surface area contributed by atoms with Crippen LogP contribution in [0.25, 0.3) is 10.9 Å². The van der Waals surface area contributed by atoms with Crippen LogP contribution in [0.4, 0.5) is 5.69 Å². The van der Waals surface area contributed by atoms with E-state index < -0.39 is 15.6 Å². The highest BCUT2D eigenvalue weighted by Gasteiger charge is 2.30. The number of nitrogens with one attached hydrogen (secondary N) is 1. The Morgan fingerprint density at radius 3 is 2.63 bits per heavy atom. The van der Waals surface area contributed by atoms with Crippen LogP contribution < -0.4 is 15.6 Å². The van der Waals surface area contributed by atoms with E-state index in [2.05, 4.69) is 23.6 Å². The normalized spacial score (nSPS) is 14.6. The first-order valence-corrected chi connectivity index (χ1v) is 12.9. The van der Waals surface area contributed by atoms with E-state index in [1.165, 1.54) is 6.07 Å². The maximum absolute atomic E-state index is 13.5. The number of para-hydroxylation sites is 1. The highest BCUT2D eigenvalue weighted by atomic mass is 32.2. The average molecular weight is 499 g/mol. The number of anilines is 1. The van der Waals surface area contributed by atoms with Crippen molar-refractivity contribution in [2.24, 2.45) is 10.3 Å². The summed E-state index contributed by atoms with van der Waals surface area (Å²) in [5.74, 6) is 0.244. The Kier molecular flexibility index (Phi) is 6.86. The van der Waals surface area contributed by atoms with Crippen LogP contribution >= 0.6 is 0 Å². The molecule has 186 valence electrons. The molecule has 9 nitrogen and oxygen atoms in total. The summed E-state index contributed by atoms with van der Waals surface area (Å²) >= 11 is 0. The maximum Gasteiger partial charge on any atom is 0.286 e. The van der Waals surface area contributed by atoms with Crippen molar-refractivity contribution in [1.82, 2.24) is 9.47 Å². The third-order valence-corrected chi connectivity index (χ3v) is 7.13. The van der Waals surface area contributed by atoms with Gasteiger partial charge in [-0.25, -0.2) is 0 Å². The number of rotatable bonds is 8. The topological polar surface area (TPSA) is 113 Å². The van der Waals surface area contributed by atoms with Crippen LogP contribution in [0.15, 0.2) is 56.6 Å². The predicted octanol–water partition coefficient (Wildman–Crippen LogP) is 3.25. The number of hydrogen-bond acceptors (Lipinski definition) is 7. The van der Waals surface area contributed by atoms with E-state index in [1.54, 1.807) is 41.0 Å². The molecule has 2 N–H and O–H groups in total. The minimum absolute atomic E-state index is 0.0518. The van der Waals surface area contributed by atoms with Gasteiger partial charge in [-0.05, 0) is 50.7 Å². The number of nitrogens with zero attached hydrogens (tertiary/aromatic N) is 3. The number of pyridine rings is 1. The van der Waals surface area contributed by atoms with Crippen molar-refractivity contribution in [2.75, 3.05) is 32.6 Å². The van der Waals surface area contributed by atoms with Gasteiger partial charge in [-0.15, -0.1) is 4.40 Å². The number of ether oxygens (including phenoxy) is 1. The molecule has 0 atom stereocenters. The monoisotopic (exact) mass is 498 g/mol. The first-order chi connectivity index (χ1) is 16.6. The summed E-state index contributed by atoms with van der Waals surface area (Å²) in [6, 6.07) is 11.6. The van der Waals surface area contributed by atoms with E-state index in [9.17, 15) is 18.3 Å². The summed E-state index contributed by atoms with van der Waals surface area (Å²) in [4.78, 5) is 15.4. The molecule has 4 rings (SSSR count). The van der Waals surface area contributed by atoms with Gasteiger partial charge in [0.25, 0.3) is 15.6 Å². The van der Waals surface area contributed by atoms with Crippen molar-refractivity contribution in [2.45, 2.75) is 31.7 Å². The molecule has 35 heavy (non-hydrogen) atoms. The van der Waals surface area contributed by atoms with Crippen molar-refractivity contribution in [3.8, 4) is 11.5 Å². The van der Waals surface area contributed by atoms with Crippen molar-refractivity contribution in [1.29, 1.82) is 0 Å². The van der Waals surface area contributed by atoms with Crippen molar-refractivity contribution in [3.63, 3.8) is 0 Å². The third kappa shape index (κ3) is 5.03. The molecule has 1 aliphatic rings. The molecular weight excluding hydrogens is 468 g/mol. The fourth-order valence-corrected chi connectivity index (χ4v) is 5.03. The second kappa shape index (κ2) is 9.71. The number of aromatic hydroxyl groups is 1. The van der Waals surface area contributed by atoms with Gasteiger partial charge in [0.1, 0.15) is 28.6 Å². The second-order valence-electron chi connectivity index (χ2n) is 9.23. The molecule has 0 bridgehead atoms. The van der Waals surface area contributed by atoms with Crippen molar-refractivity contribution >= 4 is 32.4 Å². The van der Waals surface area contributed by atoms with Crippen molar-refractivity contribution in [3.05, 3.63) is 58.4 Å². The number of benzene rings is 2. The van der Waals surface area contributed by atoms with Gasteiger partial charge in [0.05, 0.1) is 11.2 Å². The third-order valence-electron chi connectivity index (χ3n) is 5.82. The molecule has 1 aliphatic heterocycles. The number of amidine groups is 1. The van der Waals surface area contributed by atoms with Gasteiger partial charge >= 0.3 is 0 Å². The Bertz CT molecular complexity index is 1460. The summed E-state index contributed by atoms with van der Waals surface area (Å²) in [7, 11) is -0.320. The van der Waals surface area contributed by atoms with E-state index in [-0.39, 0.29) is 27.7 Å². The molecule has 2 aromatic carbocycles. The Morgan fingerprint density at radius 1 is 1.17 bits per heavy atom. The first kappa shape index (κ1) is 24.7. The molecular formula is C25H30N4O5S. The zero-order chi connectivity index (χ0) is 25.3. The zero-order valence-electron chi connectivity index (χ0n) is 20.3. The SMILES string of the molecule is CC(C)CCn1c(=O)c(C2=NS(=O)(=O)c3cc(OCCN(C)C)ccc3N2)c(O)c2ccccc21. The highest BCUT2D eigenvalue weighted by molar-refractivity contribution is 7.90. The fraction of sp³-hybridized carbons (Fsp3) is 0.360. The lowest BCUT2D eigenvalue weighted by molar-refractivity contribution is 0.261. The molecule has 0 spiro atoms. The number of likely N-dealkylation sites (N-methyl/N-ethyl adjacent to an activating group) is 1. The number of hydrogen-bond donors (Lipinski definition) is 2. The van der Waals surface area contributed by atoms with Crippen LogP contribution in [0.3, 0.4) is 0 Å². The molecule has 0 amide bonds. The van der Waals surface area contributed by atoms with Gasteiger partial charge in [-0.1, -0.05) is 26.0 Å². The van der Waals surface area contributed by atoms with Gasteiger partial charge in [0.2, 0.25) is 0 Å². The lowest BCUT2D eigenvalue weighted by Gasteiger charge is -2.21. The predicted molar refractivity (Wildman–Crippen MR) is 137 cm³/mol. The van der Waals surface area contributed by atoms with Crippen LogP contribution in [-0.2, 0) is 16.6 Å². The summed E-state index contributed by atoms with van der Waals surface area (Å²) in [5.41, 5.74) is 0.164. The molecule has 0 radical (unpaired) electrons. The van der Waals surface area contributed by atoms with Crippen LogP contribution in [0.5, 0.6) is 11.5 Å². The Labute approximate surface area is 204 Å².